The van der Waals surface area contributed by atoms with Crippen LogP contribution in [0.25, 0.3) is 0 Å². The zero-order valence-corrected chi connectivity index (χ0v) is 9.30. The molecule has 1 aromatic rings. The quantitative estimate of drug-likeness (QED) is 0.814. The third kappa shape index (κ3) is 2.13. The highest BCUT2D eigenvalue weighted by Gasteiger charge is 2.16. The molecule has 0 saturated carbocycles. The van der Waals surface area contributed by atoms with Crippen LogP contribution in [-0.2, 0) is 0 Å². The van der Waals surface area contributed by atoms with Gasteiger partial charge < -0.3 is 5.73 Å². The van der Waals surface area contributed by atoms with Gasteiger partial charge in [-0.3, -0.25) is 0 Å². The highest BCUT2D eigenvalue weighted by Crippen LogP contribution is 2.36. The largest absolute Gasteiger partial charge is 0.324 e. The van der Waals surface area contributed by atoms with Gasteiger partial charge >= 0.3 is 0 Å². The lowest BCUT2D eigenvalue weighted by molar-refractivity contribution is 0.515. The van der Waals surface area contributed by atoms with E-state index >= 15 is 0 Å². The van der Waals surface area contributed by atoms with E-state index in [0.29, 0.717) is 14.6 Å². The molecule has 68 valence electrons. The average molecular weight is 224 g/mol. The zero-order chi connectivity index (χ0) is 9.30. The Kier molecular flexibility index (Phi) is 3.41. The van der Waals surface area contributed by atoms with Crippen LogP contribution in [0.1, 0.15) is 25.5 Å². The standard InChI is InChI=1S/C8H11Cl2NS/c1-4(2)7(11)5-3-6(9)12-8(5)10/h3-4,7H,11H2,1-2H3. The van der Waals surface area contributed by atoms with Gasteiger partial charge in [0, 0.05) is 11.6 Å². The fourth-order valence-corrected chi connectivity index (χ4v) is 2.51. The van der Waals surface area contributed by atoms with Gasteiger partial charge in [-0.25, -0.2) is 0 Å². The van der Waals surface area contributed by atoms with E-state index in [0.717, 1.165) is 5.56 Å². The molecule has 0 aromatic carbocycles. The molecular formula is C8H11Cl2NS. The molecule has 1 nitrogen and oxygen atoms in total. The van der Waals surface area contributed by atoms with Crippen LogP contribution in [0.3, 0.4) is 0 Å². The van der Waals surface area contributed by atoms with E-state index in [1.807, 2.05) is 6.07 Å². The van der Waals surface area contributed by atoms with Crippen LogP contribution in [0.4, 0.5) is 0 Å². The van der Waals surface area contributed by atoms with Gasteiger partial charge in [0.05, 0.1) is 8.67 Å². The molecule has 0 fully saturated rings. The fraction of sp³-hybridized carbons (Fsp3) is 0.500. The summed E-state index contributed by atoms with van der Waals surface area (Å²) < 4.78 is 1.41. The Labute approximate surface area is 86.5 Å². The van der Waals surface area contributed by atoms with Crippen molar-refractivity contribution in [2.45, 2.75) is 19.9 Å². The van der Waals surface area contributed by atoms with Crippen molar-refractivity contribution in [1.29, 1.82) is 0 Å². The molecule has 12 heavy (non-hydrogen) atoms. The minimum absolute atomic E-state index is 0.0127. The Balaban J connectivity index is 2.94. The Morgan fingerprint density at radius 2 is 2.00 bits per heavy atom. The lowest BCUT2D eigenvalue weighted by Crippen LogP contribution is -2.16. The minimum Gasteiger partial charge on any atom is -0.324 e. The summed E-state index contributed by atoms with van der Waals surface area (Å²) in [4.78, 5) is 0. The van der Waals surface area contributed by atoms with Gasteiger partial charge in [-0.05, 0) is 12.0 Å². The molecule has 0 saturated heterocycles. The second-order valence-electron chi connectivity index (χ2n) is 3.05. The molecule has 1 rings (SSSR count). The van der Waals surface area contributed by atoms with Crippen LogP contribution >= 0.6 is 34.5 Å². The van der Waals surface area contributed by atoms with Crippen LogP contribution in [-0.4, -0.2) is 0 Å². The predicted molar refractivity (Wildman–Crippen MR) is 56.1 cm³/mol. The van der Waals surface area contributed by atoms with Crippen LogP contribution < -0.4 is 5.73 Å². The Bertz CT molecular complexity index is 270. The van der Waals surface area contributed by atoms with Gasteiger partial charge in [0.15, 0.2) is 0 Å². The molecule has 0 aliphatic heterocycles. The van der Waals surface area contributed by atoms with Crippen molar-refractivity contribution < 1.29 is 0 Å². The Morgan fingerprint density at radius 3 is 2.33 bits per heavy atom. The van der Waals surface area contributed by atoms with Crippen LogP contribution in [0.5, 0.6) is 0 Å². The Hall–Kier alpha value is 0.240. The van der Waals surface area contributed by atoms with Crippen molar-refractivity contribution in [3.63, 3.8) is 0 Å². The van der Waals surface area contributed by atoms with Crippen molar-refractivity contribution in [1.82, 2.24) is 0 Å². The molecule has 0 spiro atoms. The summed E-state index contributed by atoms with van der Waals surface area (Å²) >= 11 is 13.1. The van der Waals surface area contributed by atoms with E-state index in [1.54, 1.807) is 0 Å². The SMILES string of the molecule is CC(C)C(N)c1cc(Cl)sc1Cl. The molecule has 0 bridgehead atoms. The van der Waals surface area contributed by atoms with Crippen LogP contribution in [0, 0.1) is 5.92 Å². The molecule has 1 unspecified atom stereocenters. The van der Waals surface area contributed by atoms with Gasteiger partial charge in [-0.1, -0.05) is 37.0 Å². The summed E-state index contributed by atoms with van der Waals surface area (Å²) in [6, 6.07) is 1.83. The summed E-state index contributed by atoms with van der Waals surface area (Å²) in [6.45, 7) is 4.12. The second kappa shape index (κ2) is 3.97. The molecule has 0 aliphatic rings. The summed E-state index contributed by atoms with van der Waals surface area (Å²) in [7, 11) is 0. The maximum Gasteiger partial charge on any atom is 0.0991 e. The topological polar surface area (TPSA) is 26.0 Å². The predicted octanol–water partition coefficient (Wildman–Crippen LogP) is 3.71. The first-order valence-electron chi connectivity index (χ1n) is 3.72. The van der Waals surface area contributed by atoms with Crippen molar-refractivity contribution in [3.8, 4) is 0 Å². The zero-order valence-electron chi connectivity index (χ0n) is 6.97. The van der Waals surface area contributed by atoms with E-state index in [-0.39, 0.29) is 6.04 Å². The van der Waals surface area contributed by atoms with E-state index < -0.39 is 0 Å². The maximum atomic E-state index is 5.94. The average Bonchev–Trinajstić information content (AvgIpc) is 2.28. The first-order chi connectivity index (χ1) is 5.52. The highest BCUT2D eigenvalue weighted by atomic mass is 35.5. The van der Waals surface area contributed by atoms with Crippen molar-refractivity contribution in [2.24, 2.45) is 11.7 Å². The normalized spacial score (nSPS) is 13.8. The molecule has 0 aliphatic carbocycles. The van der Waals surface area contributed by atoms with Gasteiger partial charge in [0.2, 0.25) is 0 Å². The van der Waals surface area contributed by atoms with E-state index in [9.17, 15) is 0 Å². The van der Waals surface area contributed by atoms with Gasteiger partial charge in [0.1, 0.15) is 0 Å². The number of nitrogens with two attached hydrogens (primary N) is 1. The van der Waals surface area contributed by atoms with Gasteiger partial charge in [0.25, 0.3) is 0 Å². The number of halogens is 2. The number of hydrogen-bond acceptors (Lipinski definition) is 2. The molecule has 2 N–H and O–H groups in total. The molecular weight excluding hydrogens is 213 g/mol. The summed E-state index contributed by atoms with van der Waals surface area (Å²) in [5.74, 6) is 0.383. The van der Waals surface area contributed by atoms with E-state index in [1.165, 1.54) is 11.3 Å². The van der Waals surface area contributed by atoms with E-state index in [2.05, 4.69) is 13.8 Å². The summed E-state index contributed by atoms with van der Waals surface area (Å²) in [5.41, 5.74) is 6.88. The third-order valence-electron chi connectivity index (χ3n) is 1.76. The molecule has 4 heteroatoms. The molecule has 0 radical (unpaired) electrons. The number of rotatable bonds is 2. The Morgan fingerprint density at radius 1 is 1.42 bits per heavy atom. The fourth-order valence-electron chi connectivity index (χ4n) is 0.939. The molecule has 1 atom stereocenters. The smallest absolute Gasteiger partial charge is 0.0991 e. The number of hydrogen-bond donors (Lipinski definition) is 1. The summed E-state index contributed by atoms with van der Waals surface area (Å²) in [6.07, 6.45) is 0. The summed E-state index contributed by atoms with van der Waals surface area (Å²) in [5, 5.41) is 0. The second-order valence-corrected chi connectivity index (χ2v) is 5.33. The molecule has 1 aromatic heterocycles. The molecule has 1 heterocycles. The third-order valence-corrected chi connectivity index (χ3v) is 3.28. The lowest BCUT2D eigenvalue weighted by atomic mass is 10.00. The first-order valence-corrected chi connectivity index (χ1v) is 5.30. The number of thiophene rings is 1. The monoisotopic (exact) mass is 223 g/mol. The van der Waals surface area contributed by atoms with Crippen molar-refractivity contribution in [3.05, 3.63) is 20.3 Å². The van der Waals surface area contributed by atoms with Crippen molar-refractivity contribution in [2.75, 3.05) is 0 Å². The van der Waals surface area contributed by atoms with Gasteiger partial charge in [-0.2, -0.15) is 0 Å². The van der Waals surface area contributed by atoms with Crippen LogP contribution in [0.15, 0.2) is 6.07 Å². The lowest BCUT2D eigenvalue weighted by Gasteiger charge is -2.14. The minimum atomic E-state index is -0.0127. The molecule has 0 amide bonds. The highest BCUT2D eigenvalue weighted by molar-refractivity contribution is 7.20. The van der Waals surface area contributed by atoms with Gasteiger partial charge in [-0.15, -0.1) is 11.3 Å². The van der Waals surface area contributed by atoms with Crippen LogP contribution in [0.2, 0.25) is 8.67 Å². The van der Waals surface area contributed by atoms with Crippen molar-refractivity contribution >= 4 is 34.5 Å². The maximum absolute atomic E-state index is 5.94. The first kappa shape index (κ1) is 10.3. The van der Waals surface area contributed by atoms with E-state index in [4.69, 9.17) is 28.9 Å².